The molecule has 0 unspecified atom stereocenters. The molecule has 2 aliphatic rings. The molecule has 142 valence electrons. The fourth-order valence-corrected chi connectivity index (χ4v) is 4.88. The van der Waals surface area contributed by atoms with Gasteiger partial charge in [-0.3, -0.25) is 14.4 Å². The van der Waals surface area contributed by atoms with Crippen LogP contribution in [-0.2, 0) is 15.0 Å². The second kappa shape index (κ2) is 6.24. The van der Waals surface area contributed by atoms with Gasteiger partial charge in [0.1, 0.15) is 0 Å². The Hall–Kier alpha value is -3.53. The van der Waals surface area contributed by atoms with Crippen LogP contribution in [0.25, 0.3) is 0 Å². The number of Topliss-reactive ketones (excluding diaryl/α,β-unsaturated/α-hetero) is 1. The molecule has 0 bridgehead atoms. The third kappa shape index (κ3) is 2.35. The van der Waals surface area contributed by atoms with Crippen molar-refractivity contribution in [3.63, 3.8) is 0 Å². The van der Waals surface area contributed by atoms with Crippen molar-refractivity contribution in [2.24, 2.45) is 11.8 Å². The third-order valence-corrected chi connectivity index (χ3v) is 6.19. The summed E-state index contributed by atoms with van der Waals surface area (Å²) in [6, 6.07) is 26.3. The van der Waals surface area contributed by atoms with Crippen molar-refractivity contribution < 1.29 is 14.4 Å². The maximum Gasteiger partial charge on any atom is 0.239 e. The summed E-state index contributed by atoms with van der Waals surface area (Å²) < 4.78 is 0. The summed E-state index contributed by atoms with van der Waals surface area (Å²) in [5.74, 6) is -1.36. The molecule has 1 aliphatic carbocycles. The van der Waals surface area contributed by atoms with E-state index in [0.717, 1.165) is 11.1 Å². The molecule has 0 radical (unpaired) electrons. The molecule has 3 aromatic carbocycles. The normalized spacial score (nSPS) is 21.8. The van der Waals surface area contributed by atoms with Gasteiger partial charge >= 0.3 is 0 Å². The van der Waals surface area contributed by atoms with Gasteiger partial charge in [0.15, 0.2) is 5.78 Å². The molecule has 1 aliphatic heterocycles. The Kier molecular flexibility index (Phi) is 3.78. The highest BCUT2D eigenvalue weighted by Gasteiger charge is 2.78. The number of carbonyl (C=O) groups excluding carboxylic acids is 3. The van der Waals surface area contributed by atoms with E-state index >= 15 is 0 Å². The van der Waals surface area contributed by atoms with E-state index in [-0.39, 0.29) is 17.6 Å². The lowest BCUT2D eigenvalue weighted by Gasteiger charge is -2.26. The number of piperidine rings is 1. The quantitative estimate of drug-likeness (QED) is 0.507. The van der Waals surface area contributed by atoms with E-state index in [1.54, 1.807) is 24.3 Å². The van der Waals surface area contributed by atoms with Gasteiger partial charge in [0.2, 0.25) is 11.8 Å². The summed E-state index contributed by atoms with van der Waals surface area (Å²) in [6.07, 6.45) is 0. The number of imide groups is 1. The summed E-state index contributed by atoms with van der Waals surface area (Å²) >= 11 is 0. The highest BCUT2D eigenvalue weighted by Crippen LogP contribution is 2.68. The van der Waals surface area contributed by atoms with Gasteiger partial charge in [0.25, 0.3) is 0 Å². The lowest BCUT2D eigenvalue weighted by atomic mass is 9.83. The third-order valence-electron chi connectivity index (χ3n) is 6.19. The molecule has 2 amide bonds. The van der Waals surface area contributed by atoms with Crippen molar-refractivity contribution in [1.29, 1.82) is 0 Å². The van der Waals surface area contributed by atoms with Crippen LogP contribution >= 0.6 is 0 Å². The fourth-order valence-electron chi connectivity index (χ4n) is 4.88. The molecule has 2 fully saturated rings. The van der Waals surface area contributed by atoms with Crippen LogP contribution < -0.4 is 4.90 Å². The number of ketones is 1. The van der Waals surface area contributed by atoms with Crippen LogP contribution in [0.5, 0.6) is 0 Å². The molecule has 0 aromatic heterocycles. The van der Waals surface area contributed by atoms with E-state index in [1.165, 1.54) is 11.8 Å². The Morgan fingerprint density at radius 3 is 1.76 bits per heavy atom. The molecule has 1 heterocycles. The Morgan fingerprint density at radius 1 is 0.759 bits per heavy atom. The van der Waals surface area contributed by atoms with Crippen molar-refractivity contribution in [1.82, 2.24) is 0 Å². The molecular formula is C25H19NO3. The van der Waals surface area contributed by atoms with Crippen molar-refractivity contribution in [3.05, 3.63) is 102 Å². The van der Waals surface area contributed by atoms with E-state index in [0.29, 0.717) is 11.3 Å². The lowest BCUT2D eigenvalue weighted by Crippen LogP contribution is -2.39. The Morgan fingerprint density at radius 2 is 1.28 bits per heavy atom. The molecule has 2 atom stereocenters. The molecule has 1 saturated heterocycles. The van der Waals surface area contributed by atoms with Gasteiger partial charge in [0.05, 0.1) is 17.5 Å². The Bertz CT molecular complexity index is 1070. The minimum absolute atomic E-state index is 0.0981. The second-order valence-corrected chi connectivity index (χ2v) is 7.67. The van der Waals surface area contributed by atoms with E-state index in [9.17, 15) is 14.4 Å². The number of rotatable bonds is 4. The van der Waals surface area contributed by atoms with Crippen molar-refractivity contribution in [2.75, 3.05) is 4.90 Å². The molecule has 0 N–H and O–H groups in total. The SMILES string of the molecule is CC(=O)c1cccc(N2C(=O)[C@H]3[C@H](C2=O)C3(c2ccccc2)c2ccccc2)c1. The average Bonchev–Trinajstić information content (AvgIpc) is 3.39. The summed E-state index contributed by atoms with van der Waals surface area (Å²) in [4.78, 5) is 39.8. The number of fused-ring (bicyclic) bond motifs is 1. The first-order valence-corrected chi connectivity index (χ1v) is 9.66. The maximum atomic E-state index is 13.4. The predicted molar refractivity (Wildman–Crippen MR) is 110 cm³/mol. The zero-order valence-corrected chi connectivity index (χ0v) is 15.9. The number of anilines is 1. The number of hydrogen-bond acceptors (Lipinski definition) is 3. The summed E-state index contributed by atoms with van der Waals surface area (Å²) in [6.45, 7) is 1.47. The van der Waals surface area contributed by atoms with Gasteiger partial charge in [-0.25, -0.2) is 4.90 Å². The van der Waals surface area contributed by atoms with Gasteiger partial charge < -0.3 is 0 Å². The molecule has 29 heavy (non-hydrogen) atoms. The molecule has 4 heteroatoms. The minimum atomic E-state index is -0.620. The molecule has 4 nitrogen and oxygen atoms in total. The van der Waals surface area contributed by atoms with Crippen LogP contribution in [0.2, 0.25) is 0 Å². The monoisotopic (exact) mass is 381 g/mol. The summed E-state index contributed by atoms with van der Waals surface area (Å²) in [7, 11) is 0. The average molecular weight is 381 g/mol. The van der Waals surface area contributed by atoms with Crippen molar-refractivity contribution in [3.8, 4) is 0 Å². The van der Waals surface area contributed by atoms with Gasteiger partial charge in [-0.2, -0.15) is 0 Å². The first-order valence-electron chi connectivity index (χ1n) is 9.66. The van der Waals surface area contributed by atoms with Crippen LogP contribution in [0, 0.1) is 11.8 Å². The van der Waals surface area contributed by atoms with Crippen molar-refractivity contribution in [2.45, 2.75) is 12.3 Å². The second-order valence-electron chi connectivity index (χ2n) is 7.67. The number of carbonyl (C=O) groups is 3. The number of hydrogen-bond donors (Lipinski definition) is 0. The first-order chi connectivity index (χ1) is 14.1. The van der Waals surface area contributed by atoms with Gasteiger partial charge in [-0.05, 0) is 30.2 Å². The van der Waals surface area contributed by atoms with Crippen LogP contribution in [0.3, 0.4) is 0 Å². The number of amides is 2. The Labute approximate surface area is 168 Å². The minimum Gasteiger partial charge on any atom is -0.295 e. The van der Waals surface area contributed by atoms with E-state index in [1.807, 2.05) is 60.7 Å². The number of benzene rings is 3. The predicted octanol–water partition coefficient (Wildman–Crippen LogP) is 3.99. The van der Waals surface area contributed by atoms with Crippen molar-refractivity contribution >= 4 is 23.3 Å². The lowest BCUT2D eigenvalue weighted by molar-refractivity contribution is -0.124. The molecule has 1 saturated carbocycles. The maximum absolute atomic E-state index is 13.4. The standard InChI is InChI=1S/C25H19NO3/c1-16(27)17-9-8-14-20(15-17)26-23(28)21-22(24(26)29)25(21,18-10-4-2-5-11-18)19-12-6-3-7-13-19/h2-15,21-22H,1H3/t21-,22-/m1/s1. The molecule has 3 aromatic rings. The summed E-state index contributed by atoms with van der Waals surface area (Å²) in [5.41, 5.74) is 2.31. The smallest absolute Gasteiger partial charge is 0.239 e. The van der Waals surface area contributed by atoms with E-state index < -0.39 is 17.3 Å². The molecule has 5 rings (SSSR count). The number of nitrogens with zero attached hydrogens (tertiary/aromatic N) is 1. The zero-order chi connectivity index (χ0) is 20.2. The first kappa shape index (κ1) is 17.6. The van der Waals surface area contributed by atoms with Crippen LogP contribution in [0.15, 0.2) is 84.9 Å². The van der Waals surface area contributed by atoms with Gasteiger partial charge in [-0.1, -0.05) is 72.8 Å². The highest BCUT2D eigenvalue weighted by molar-refractivity contribution is 6.27. The molecule has 0 spiro atoms. The van der Waals surface area contributed by atoms with Gasteiger partial charge in [-0.15, -0.1) is 0 Å². The fraction of sp³-hybridized carbons (Fsp3) is 0.160. The largest absolute Gasteiger partial charge is 0.295 e. The summed E-state index contributed by atoms with van der Waals surface area (Å²) in [5, 5.41) is 0. The van der Waals surface area contributed by atoms with Crippen LogP contribution in [0.4, 0.5) is 5.69 Å². The van der Waals surface area contributed by atoms with E-state index in [2.05, 4.69) is 0 Å². The van der Waals surface area contributed by atoms with Crippen LogP contribution in [0.1, 0.15) is 28.4 Å². The van der Waals surface area contributed by atoms with Gasteiger partial charge in [0, 0.05) is 11.0 Å². The zero-order valence-electron chi connectivity index (χ0n) is 15.9. The Balaban J connectivity index is 1.60. The van der Waals surface area contributed by atoms with Crippen LogP contribution in [-0.4, -0.2) is 17.6 Å². The van der Waals surface area contributed by atoms with E-state index in [4.69, 9.17) is 0 Å². The highest BCUT2D eigenvalue weighted by atomic mass is 16.2. The molecular weight excluding hydrogens is 362 g/mol. The topological polar surface area (TPSA) is 54.5 Å².